The van der Waals surface area contributed by atoms with E-state index in [0.717, 1.165) is 0 Å². The first-order chi connectivity index (χ1) is 8.69. The van der Waals surface area contributed by atoms with Crippen molar-refractivity contribution in [3.05, 3.63) is 29.8 Å². The Balaban J connectivity index is 2.66. The Labute approximate surface area is 111 Å². The zero-order valence-corrected chi connectivity index (χ0v) is 11.1. The van der Waals surface area contributed by atoms with Gasteiger partial charge < -0.3 is 19.5 Å². The van der Waals surface area contributed by atoms with E-state index in [0.29, 0.717) is 24.5 Å². The zero-order chi connectivity index (χ0) is 13.4. The van der Waals surface area contributed by atoms with Gasteiger partial charge in [0.05, 0.1) is 25.0 Å². The van der Waals surface area contributed by atoms with Crippen LogP contribution in [0.2, 0.25) is 0 Å². The van der Waals surface area contributed by atoms with Gasteiger partial charge >= 0.3 is 5.97 Å². The van der Waals surface area contributed by atoms with Gasteiger partial charge in [-0.15, -0.1) is 0 Å². The predicted octanol–water partition coefficient (Wildman–Crippen LogP) is 1.83. The third-order valence-corrected chi connectivity index (χ3v) is 2.31. The van der Waals surface area contributed by atoms with Crippen LogP contribution in [0.5, 0.6) is 0 Å². The van der Waals surface area contributed by atoms with Crippen LogP contribution in [0.15, 0.2) is 24.3 Å². The molecule has 0 aliphatic heterocycles. The molecule has 0 radical (unpaired) electrons. The number of esters is 1. The molecule has 0 saturated carbocycles. The highest BCUT2D eigenvalue weighted by Crippen LogP contribution is 2.16. The fraction of sp³-hybridized carbons (Fsp3) is 0.333. The summed E-state index contributed by atoms with van der Waals surface area (Å²) in [5.74, 6) is -0.433. The van der Waals surface area contributed by atoms with Crippen LogP contribution in [0.1, 0.15) is 10.4 Å². The molecule has 1 aromatic rings. The summed E-state index contributed by atoms with van der Waals surface area (Å²) in [7, 11) is 2.90. The van der Waals surface area contributed by atoms with Gasteiger partial charge in [-0.25, -0.2) is 4.79 Å². The van der Waals surface area contributed by atoms with Crippen LogP contribution in [0.4, 0.5) is 5.69 Å². The lowest BCUT2D eigenvalue weighted by Gasteiger charge is -2.12. The van der Waals surface area contributed by atoms with Gasteiger partial charge in [0.15, 0.2) is 0 Å². The molecule has 1 aromatic carbocycles. The number of benzene rings is 1. The van der Waals surface area contributed by atoms with Crippen LogP contribution in [-0.2, 0) is 14.2 Å². The number of anilines is 1. The summed E-state index contributed by atoms with van der Waals surface area (Å²) in [6, 6.07) is 6.89. The lowest BCUT2D eigenvalue weighted by molar-refractivity contribution is 0.0602. The Kier molecular flexibility index (Phi) is 6.10. The summed E-state index contributed by atoms with van der Waals surface area (Å²) in [6.45, 7) is 0.795. The lowest BCUT2D eigenvalue weighted by atomic mass is 10.2. The highest BCUT2D eigenvalue weighted by Gasteiger charge is 2.11. The third-order valence-electron chi connectivity index (χ3n) is 2.09. The quantitative estimate of drug-likeness (QED) is 0.500. The van der Waals surface area contributed by atoms with Gasteiger partial charge in [0, 0.05) is 7.11 Å². The van der Waals surface area contributed by atoms with Gasteiger partial charge in [0.2, 0.25) is 0 Å². The van der Waals surface area contributed by atoms with Crippen LogP contribution >= 0.6 is 12.2 Å². The maximum Gasteiger partial charge on any atom is 0.339 e. The number of hydrogen-bond acceptors (Lipinski definition) is 5. The van der Waals surface area contributed by atoms with E-state index >= 15 is 0 Å². The zero-order valence-electron chi connectivity index (χ0n) is 10.3. The van der Waals surface area contributed by atoms with E-state index in [4.69, 9.17) is 21.7 Å². The molecule has 18 heavy (non-hydrogen) atoms. The van der Waals surface area contributed by atoms with Gasteiger partial charge in [0.25, 0.3) is 5.17 Å². The molecule has 0 bridgehead atoms. The third kappa shape index (κ3) is 4.31. The Hall–Kier alpha value is -1.66. The van der Waals surface area contributed by atoms with Gasteiger partial charge in [-0.3, -0.25) is 0 Å². The number of ether oxygens (including phenoxy) is 3. The first-order valence-corrected chi connectivity index (χ1v) is 5.70. The summed E-state index contributed by atoms with van der Waals surface area (Å²) in [5.41, 5.74) is 0.949. The normalized spacial score (nSPS) is 9.67. The number of thiocarbonyl (C=S) groups is 1. The molecule has 0 amide bonds. The molecule has 0 aliphatic carbocycles. The number of hydrogen-bond donors (Lipinski definition) is 1. The summed E-state index contributed by atoms with van der Waals surface area (Å²) >= 11 is 4.99. The second kappa shape index (κ2) is 7.62. The molecule has 98 valence electrons. The molecule has 0 spiro atoms. The Morgan fingerprint density at radius 3 is 2.67 bits per heavy atom. The van der Waals surface area contributed by atoms with Crippen LogP contribution < -0.4 is 5.32 Å². The lowest BCUT2D eigenvalue weighted by Crippen LogP contribution is -2.18. The summed E-state index contributed by atoms with van der Waals surface area (Å²) in [5, 5.41) is 3.02. The molecule has 0 aromatic heterocycles. The van der Waals surface area contributed by atoms with E-state index in [1.165, 1.54) is 7.11 Å². The van der Waals surface area contributed by atoms with Gasteiger partial charge in [-0.2, -0.15) is 0 Å². The van der Waals surface area contributed by atoms with Gasteiger partial charge in [-0.05, 0) is 24.4 Å². The van der Waals surface area contributed by atoms with Crippen molar-refractivity contribution in [2.75, 3.05) is 32.8 Å². The Bertz CT molecular complexity index is 422. The number of rotatable bonds is 5. The monoisotopic (exact) mass is 269 g/mol. The van der Waals surface area contributed by atoms with Crippen LogP contribution in [0, 0.1) is 0 Å². The average Bonchev–Trinajstić information content (AvgIpc) is 2.39. The summed E-state index contributed by atoms with van der Waals surface area (Å²) < 4.78 is 14.7. The summed E-state index contributed by atoms with van der Waals surface area (Å²) in [4.78, 5) is 11.5. The molecule has 1 N–H and O–H groups in total. The van der Waals surface area contributed by atoms with Crippen molar-refractivity contribution >= 4 is 29.0 Å². The van der Waals surface area contributed by atoms with E-state index in [1.807, 2.05) is 0 Å². The maximum atomic E-state index is 11.5. The van der Waals surface area contributed by atoms with E-state index in [-0.39, 0.29) is 5.17 Å². The second-order valence-electron chi connectivity index (χ2n) is 3.29. The Morgan fingerprint density at radius 1 is 1.28 bits per heavy atom. The molecule has 5 nitrogen and oxygen atoms in total. The van der Waals surface area contributed by atoms with Crippen LogP contribution in [0.3, 0.4) is 0 Å². The highest BCUT2D eigenvalue weighted by molar-refractivity contribution is 7.80. The summed E-state index contributed by atoms with van der Waals surface area (Å²) in [6.07, 6.45) is 0. The van der Waals surface area contributed by atoms with Gasteiger partial charge in [0.1, 0.15) is 6.61 Å². The minimum absolute atomic E-state index is 0.184. The molecule has 0 atom stereocenters. The van der Waals surface area contributed by atoms with Crippen molar-refractivity contribution in [3.8, 4) is 0 Å². The van der Waals surface area contributed by atoms with Crippen molar-refractivity contribution < 1.29 is 19.0 Å². The topological polar surface area (TPSA) is 56.8 Å². The molecule has 0 saturated heterocycles. The molecule has 0 unspecified atom stereocenters. The number of carbonyl (C=O) groups excluding carboxylic acids is 1. The fourth-order valence-corrected chi connectivity index (χ4v) is 1.44. The number of carbonyl (C=O) groups is 1. The molecule has 0 fully saturated rings. The average molecular weight is 269 g/mol. The maximum absolute atomic E-state index is 11.5. The standard InChI is InChI=1S/C12H15NO4S/c1-15-7-8-17-12(18)13-10-6-4-3-5-9(10)11(14)16-2/h3-6H,7-8H2,1-2H3,(H,13,18). The largest absolute Gasteiger partial charge is 0.468 e. The SMILES string of the molecule is COCCOC(=S)Nc1ccccc1C(=O)OC. The predicted molar refractivity (Wildman–Crippen MR) is 71.8 cm³/mol. The molecule has 0 aliphatic rings. The minimum atomic E-state index is -0.433. The number of methoxy groups -OCH3 is 2. The minimum Gasteiger partial charge on any atom is -0.468 e. The molecule has 6 heteroatoms. The van der Waals surface area contributed by atoms with Crippen molar-refractivity contribution in [2.45, 2.75) is 0 Å². The van der Waals surface area contributed by atoms with Crippen molar-refractivity contribution in [1.29, 1.82) is 0 Å². The molecule has 1 rings (SSSR count). The van der Waals surface area contributed by atoms with Crippen LogP contribution in [0.25, 0.3) is 0 Å². The number of para-hydroxylation sites is 1. The van der Waals surface area contributed by atoms with Crippen molar-refractivity contribution in [2.24, 2.45) is 0 Å². The molecule has 0 heterocycles. The van der Waals surface area contributed by atoms with Gasteiger partial charge in [-0.1, -0.05) is 12.1 Å². The van der Waals surface area contributed by atoms with Crippen molar-refractivity contribution in [3.63, 3.8) is 0 Å². The highest BCUT2D eigenvalue weighted by atomic mass is 32.1. The van der Waals surface area contributed by atoms with Crippen molar-refractivity contribution in [1.82, 2.24) is 0 Å². The van der Waals surface area contributed by atoms with E-state index in [9.17, 15) is 4.79 Å². The second-order valence-corrected chi connectivity index (χ2v) is 3.66. The van der Waals surface area contributed by atoms with Crippen LogP contribution in [-0.4, -0.2) is 38.6 Å². The van der Waals surface area contributed by atoms with E-state index in [2.05, 4.69) is 10.1 Å². The first-order valence-electron chi connectivity index (χ1n) is 5.29. The first kappa shape index (κ1) is 14.4. The fourth-order valence-electron chi connectivity index (χ4n) is 1.24. The Morgan fingerprint density at radius 2 is 2.00 bits per heavy atom. The number of nitrogens with one attached hydrogen (secondary N) is 1. The smallest absolute Gasteiger partial charge is 0.339 e. The van der Waals surface area contributed by atoms with E-state index < -0.39 is 5.97 Å². The van der Waals surface area contributed by atoms with E-state index in [1.54, 1.807) is 31.4 Å². The molecular formula is C12H15NO4S. The molecular weight excluding hydrogens is 254 g/mol.